The van der Waals surface area contributed by atoms with E-state index in [0.29, 0.717) is 10.7 Å². The fourth-order valence-electron chi connectivity index (χ4n) is 1.73. The Balaban J connectivity index is 2.08. The third kappa shape index (κ3) is 2.97. The molecule has 2 heterocycles. The number of halogens is 3. The first-order valence-corrected chi connectivity index (χ1v) is 7.75. The molecule has 0 aliphatic carbocycles. The number of rotatable bonds is 2. The van der Waals surface area contributed by atoms with Crippen LogP contribution in [0.5, 0.6) is 0 Å². The zero-order valence-corrected chi connectivity index (χ0v) is 12.8. The van der Waals surface area contributed by atoms with E-state index in [9.17, 15) is 0 Å². The Hall–Kier alpha value is 0.910. The van der Waals surface area contributed by atoms with E-state index in [2.05, 4.69) is 31.9 Å². The lowest BCUT2D eigenvalue weighted by Crippen LogP contribution is -2.20. The van der Waals surface area contributed by atoms with Crippen molar-refractivity contribution in [1.29, 1.82) is 0 Å². The van der Waals surface area contributed by atoms with Crippen LogP contribution >= 0.6 is 54.8 Å². The fourth-order valence-corrected chi connectivity index (χ4v) is 4.38. The molecule has 0 saturated carbocycles. The van der Waals surface area contributed by atoms with Crippen LogP contribution in [0.2, 0.25) is 5.02 Å². The van der Waals surface area contributed by atoms with Crippen LogP contribution in [0.4, 0.5) is 0 Å². The number of ether oxygens (including phenoxy) is 1. The summed E-state index contributed by atoms with van der Waals surface area (Å²) in [6.45, 7) is 1.76. The summed E-state index contributed by atoms with van der Waals surface area (Å²) in [4.78, 5) is 1.65. The second kappa shape index (κ2) is 5.50. The molecular weight excluding hydrogens is 363 g/mol. The molecule has 1 fully saturated rings. The maximum Gasteiger partial charge on any atom is 0.0887 e. The molecule has 0 N–H and O–H groups in total. The molecule has 0 bridgehead atoms. The van der Waals surface area contributed by atoms with Gasteiger partial charge in [-0.2, -0.15) is 0 Å². The van der Waals surface area contributed by atoms with Gasteiger partial charge >= 0.3 is 0 Å². The Labute approximate surface area is 115 Å². The Bertz CT molecular complexity index is 317. The molecule has 2 unspecified atom stereocenters. The first-order valence-electron chi connectivity index (χ1n) is 4.85. The molecule has 15 heavy (non-hydrogen) atoms. The quantitative estimate of drug-likeness (QED) is 0.660. The molecule has 84 valence electrons. The maximum atomic E-state index is 6.02. The van der Waals surface area contributed by atoms with Gasteiger partial charge in [0.15, 0.2) is 0 Å². The molecule has 1 saturated heterocycles. The van der Waals surface area contributed by atoms with Crippen molar-refractivity contribution in [2.75, 3.05) is 13.2 Å². The zero-order valence-electron chi connectivity index (χ0n) is 8.01. The Morgan fingerprint density at radius 3 is 2.93 bits per heavy atom. The lowest BCUT2D eigenvalue weighted by molar-refractivity contribution is 0.0549. The van der Waals surface area contributed by atoms with Crippen LogP contribution in [0.15, 0.2) is 9.85 Å². The molecule has 2 atom stereocenters. The Morgan fingerprint density at radius 1 is 1.60 bits per heavy atom. The predicted molar refractivity (Wildman–Crippen MR) is 72.2 cm³/mol. The molecule has 1 aliphatic heterocycles. The van der Waals surface area contributed by atoms with Crippen LogP contribution < -0.4 is 0 Å². The minimum absolute atomic E-state index is 0.367. The van der Waals surface area contributed by atoms with Gasteiger partial charge in [0, 0.05) is 11.5 Å². The third-order valence-corrected chi connectivity index (χ3v) is 6.65. The molecule has 5 heteroatoms. The van der Waals surface area contributed by atoms with Gasteiger partial charge in [0.05, 0.1) is 20.2 Å². The lowest BCUT2D eigenvalue weighted by Gasteiger charge is -2.25. The molecule has 0 spiro atoms. The SMILES string of the molecule is Clc1cc(C(Br)C2CCCOC2)sc1Br. The number of hydrogen-bond donors (Lipinski definition) is 0. The average molecular weight is 375 g/mol. The minimum atomic E-state index is 0.367. The Kier molecular flexibility index (Phi) is 4.53. The van der Waals surface area contributed by atoms with Crippen molar-refractivity contribution in [3.8, 4) is 0 Å². The first-order chi connectivity index (χ1) is 7.18. The van der Waals surface area contributed by atoms with E-state index in [1.54, 1.807) is 11.3 Å². The van der Waals surface area contributed by atoms with Crippen LogP contribution in [0.25, 0.3) is 0 Å². The second-order valence-electron chi connectivity index (χ2n) is 3.65. The van der Waals surface area contributed by atoms with Crippen molar-refractivity contribution in [3.05, 3.63) is 19.8 Å². The van der Waals surface area contributed by atoms with Crippen molar-refractivity contribution < 1.29 is 4.74 Å². The van der Waals surface area contributed by atoms with Crippen LogP contribution in [0, 0.1) is 5.92 Å². The predicted octanol–water partition coefficient (Wildman–Crippen LogP) is 5.03. The van der Waals surface area contributed by atoms with E-state index in [1.165, 1.54) is 11.3 Å². The summed E-state index contributed by atoms with van der Waals surface area (Å²) in [7, 11) is 0. The zero-order chi connectivity index (χ0) is 10.8. The van der Waals surface area contributed by atoms with Crippen molar-refractivity contribution in [1.82, 2.24) is 0 Å². The van der Waals surface area contributed by atoms with Gasteiger partial charge in [-0.1, -0.05) is 27.5 Å². The summed E-state index contributed by atoms with van der Waals surface area (Å²) in [5.41, 5.74) is 0. The Morgan fingerprint density at radius 2 is 2.40 bits per heavy atom. The van der Waals surface area contributed by atoms with E-state index in [4.69, 9.17) is 16.3 Å². The van der Waals surface area contributed by atoms with E-state index in [-0.39, 0.29) is 0 Å². The molecule has 2 rings (SSSR count). The first kappa shape index (κ1) is 12.4. The van der Waals surface area contributed by atoms with E-state index in [0.717, 1.165) is 28.4 Å². The molecule has 0 amide bonds. The summed E-state index contributed by atoms with van der Waals surface area (Å²) < 4.78 is 6.51. The van der Waals surface area contributed by atoms with Crippen LogP contribution in [-0.2, 0) is 4.74 Å². The fraction of sp³-hybridized carbons (Fsp3) is 0.600. The van der Waals surface area contributed by atoms with Crippen LogP contribution in [0.3, 0.4) is 0 Å². The van der Waals surface area contributed by atoms with Crippen LogP contribution in [-0.4, -0.2) is 13.2 Å². The monoisotopic (exact) mass is 372 g/mol. The van der Waals surface area contributed by atoms with Gasteiger partial charge < -0.3 is 4.74 Å². The standard InChI is InChI=1S/C10H11Br2ClOS/c11-9(6-2-1-3-14-5-6)8-4-7(13)10(12)15-8/h4,6,9H,1-3,5H2. The molecule has 0 aromatic carbocycles. The smallest absolute Gasteiger partial charge is 0.0887 e. The summed E-state index contributed by atoms with van der Waals surface area (Å²) in [5, 5.41) is 0.802. The van der Waals surface area contributed by atoms with E-state index >= 15 is 0 Å². The normalized spacial score (nSPS) is 24.1. The van der Waals surface area contributed by atoms with Crippen molar-refractivity contribution in [2.45, 2.75) is 17.7 Å². The number of hydrogen-bond acceptors (Lipinski definition) is 2. The minimum Gasteiger partial charge on any atom is -0.381 e. The highest BCUT2D eigenvalue weighted by Crippen LogP contribution is 2.43. The van der Waals surface area contributed by atoms with Gasteiger partial charge in [-0.05, 0) is 40.8 Å². The van der Waals surface area contributed by atoms with Gasteiger partial charge in [-0.15, -0.1) is 11.3 Å². The highest BCUT2D eigenvalue weighted by Gasteiger charge is 2.25. The lowest BCUT2D eigenvalue weighted by atomic mass is 9.98. The van der Waals surface area contributed by atoms with Crippen LogP contribution in [0.1, 0.15) is 22.5 Å². The van der Waals surface area contributed by atoms with Gasteiger partial charge in [0.2, 0.25) is 0 Å². The van der Waals surface area contributed by atoms with E-state index in [1.807, 2.05) is 6.07 Å². The van der Waals surface area contributed by atoms with Crippen molar-refractivity contribution in [3.63, 3.8) is 0 Å². The van der Waals surface area contributed by atoms with Crippen molar-refractivity contribution >= 4 is 54.8 Å². The van der Waals surface area contributed by atoms with Gasteiger partial charge in [-0.3, -0.25) is 0 Å². The molecular formula is C10H11Br2ClOS. The highest BCUT2D eigenvalue weighted by molar-refractivity contribution is 9.11. The topological polar surface area (TPSA) is 9.23 Å². The van der Waals surface area contributed by atoms with Gasteiger partial charge in [0.25, 0.3) is 0 Å². The molecule has 0 radical (unpaired) electrons. The van der Waals surface area contributed by atoms with E-state index < -0.39 is 0 Å². The second-order valence-corrected chi connectivity index (χ2v) is 7.44. The van der Waals surface area contributed by atoms with Crippen molar-refractivity contribution in [2.24, 2.45) is 5.92 Å². The third-order valence-electron chi connectivity index (χ3n) is 2.55. The molecule has 1 aromatic rings. The molecule has 1 aromatic heterocycles. The highest BCUT2D eigenvalue weighted by atomic mass is 79.9. The summed E-state index contributed by atoms with van der Waals surface area (Å²) in [5.74, 6) is 0.570. The number of thiophene rings is 1. The molecule has 1 nitrogen and oxygen atoms in total. The molecule has 1 aliphatic rings. The van der Waals surface area contributed by atoms with Gasteiger partial charge in [-0.25, -0.2) is 0 Å². The largest absolute Gasteiger partial charge is 0.381 e. The summed E-state index contributed by atoms with van der Waals surface area (Å²) >= 11 is 14.9. The summed E-state index contributed by atoms with van der Waals surface area (Å²) in [6, 6.07) is 2.03. The maximum absolute atomic E-state index is 6.02. The average Bonchev–Trinajstić information content (AvgIpc) is 2.59. The number of alkyl halides is 1. The summed E-state index contributed by atoms with van der Waals surface area (Å²) in [6.07, 6.45) is 2.39. The van der Waals surface area contributed by atoms with Gasteiger partial charge in [0.1, 0.15) is 0 Å².